The van der Waals surface area contributed by atoms with Crippen molar-refractivity contribution in [2.75, 3.05) is 6.54 Å². The normalized spacial score (nSPS) is 18.0. The van der Waals surface area contributed by atoms with Gasteiger partial charge in [0.1, 0.15) is 6.04 Å². The van der Waals surface area contributed by atoms with Gasteiger partial charge in [0.25, 0.3) is 0 Å². The molecule has 0 N–H and O–H groups in total. The highest BCUT2D eigenvalue weighted by Gasteiger charge is 2.40. The molecule has 0 aliphatic carbocycles. The summed E-state index contributed by atoms with van der Waals surface area (Å²) in [6.45, 7) is 0.828. The second-order valence-corrected chi connectivity index (χ2v) is 9.19. The summed E-state index contributed by atoms with van der Waals surface area (Å²) in [7, 11) is 0. The summed E-state index contributed by atoms with van der Waals surface area (Å²) in [6.07, 6.45) is 1.98. The van der Waals surface area contributed by atoms with Gasteiger partial charge in [0, 0.05) is 34.0 Å². The molecule has 0 unspecified atom stereocenters. The van der Waals surface area contributed by atoms with E-state index in [1.54, 1.807) is 0 Å². The molecule has 0 fully saturated rings. The number of ketones is 2. The molecule has 2 heterocycles. The Hall–Kier alpha value is -3.28. The largest absolute Gasteiger partial charge is 0.337 e. The van der Waals surface area contributed by atoms with Crippen LogP contribution < -0.4 is 0 Å². The fourth-order valence-electron chi connectivity index (χ4n) is 4.64. The van der Waals surface area contributed by atoms with Crippen LogP contribution in [-0.4, -0.2) is 27.6 Å². The number of fused-ring (bicyclic) bond motifs is 1. The zero-order chi connectivity index (χ0) is 22.8. The molecule has 0 amide bonds. The van der Waals surface area contributed by atoms with E-state index in [1.165, 1.54) is 0 Å². The Kier molecular flexibility index (Phi) is 6.07. The summed E-state index contributed by atoms with van der Waals surface area (Å²) in [5, 5.41) is 0. The third kappa shape index (κ3) is 4.34. The first kappa shape index (κ1) is 21.6. The van der Waals surface area contributed by atoms with Gasteiger partial charge in [-0.25, -0.2) is 0 Å². The Morgan fingerprint density at radius 3 is 2.15 bits per heavy atom. The van der Waals surface area contributed by atoms with Crippen molar-refractivity contribution >= 4 is 27.5 Å². The lowest BCUT2D eigenvalue weighted by molar-refractivity contribution is 0.0616. The predicted octanol–water partition coefficient (Wildman–Crippen LogP) is 6.11. The van der Waals surface area contributed by atoms with Crippen LogP contribution in [0, 0.1) is 0 Å². The molecule has 4 nitrogen and oxygen atoms in total. The first-order valence-electron chi connectivity index (χ1n) is 10.9. The van der Waals surface area contributed by atoms with Crippen LogP contribution in [0.3, 0.4) is 0 Å². The fraction of sp³-hybridized carbons (Fsp3) is 0.143. The average molecular weight is 499 g/mol. The molecule has 1 aliphatic heterocycles. The quantitative estimate of drug-likeness (QED) is 0.301. The van der Waals surface area contributed by atoms with E-state index in [9.17, 15) is 9.59 Å². The number of carbonyl (C=O) groups is 2. The number of hydrogen-bond acceptors (Lipinski definition) is 3. The number of halogens is 1. The van der Waals surface area contributed by atoms with Gasteiger partial charge in [-0.05, 0) is 29.8 Å². The maximum Gasteiger partial charge on any atom is 0.187 e. The highest BCUT2D eigenvalue weighted by atomic mass is 79.9. The summed E-state index contributed by atoms with van der Waals surface area (Å²) in [6, 6.07) is 30.1. The maximum atomic E-state index is 13.9. The van der Waals surface area contributed by atoms with E-state index < -0.39 is 6.04 Å². The maximum absolute atomic E-state index is 13.9. The highest BCUT2D eigenvalue weighted by Crippen LogP contribution is 2.40. The Labute approximate surface area is 201 Å². The Bertz CT molecular complexity index is 1270. The number of nitrogens with zero attached hydrogens (tertiary/aromatic N) is 2. The van der Waals surface area contributed by atoms with Gasteiger partial charge in [-0.15, -0.1) is 0 Å². The van der Waals surface area contributed by atoms with Gasteiger partial charge in [0.2, 0.25) is 0 Å². The lowest BCUT2D eigenvalue weighted by Gasteiger charge is -2.42. The van der Waals surface area contributed by atoms with Crippen molar-refractivity contribution in [1.29, 1.82) is 0 Å². The van der Waals surface area contributed by atoms with Crippen LogP contribution in [0.25, 0.3) is 0 Å². The molecular weight excluding hydrogens is 476 g/mol. The van der Waals surface area contributed by atoms with Gasteiger partial charge >= 0.3 is 0 Å². The number of benzene rings is 3. The van der Waals surface area contributed by atoms with E-state index in [1.807, 2.05) is 103 Å². The Balaban J connectivity index is 1.58. The van der Waals surface area contributed by atoms with E-state index in [0.29, 0.717) is 17.7 Å². The molecule has 3 aromatic carbocycles. The zero-order valence-electron chi connectivity index (χ0n) is 18.0. The molecule has 0 saturated carbocycles. The topological polar surface area (TPSA) is 42.3 Å². The van der Waals surface area contributed by atoms with E-state index in [2.05, 4.69) is 25.4 Å². The van der Waals surface area contributed by atoms with Gasteiger partial charge < -0.3 is 4.57 Å². The Morgan fingerprint density at radius 2 is 1.45 bits per heavy atom. The van der Waals surface area contributed by atoms with Crippen LogP contribution in [-0.2, 0) is 6.54 Å². The summed E-state index contributed by atoms with van der Waals surface area (Å²) in [4.78, 5) is 29.2. The smallest absolute Gasteiger partial charge is 0.187 e. The van der Waals surface area contributed by atoms with E-state index in [4.69, 9.17) is 0 Å². The van der Waals surface area contributed by atoms with Crippen molar-refractivity contribution in [2.45, 2.75) is 18.6 Å². The summed E-state index contributed by atoms with van der Waals surface area (Å²) in [5.41, 5.74) is 3.38. The first-order valence-corrected chi connectivity index (χ1v) is 11.7. The monoisotopic (exact) mass is 498 g/mol. The molecule has 2 atom stereocenters. The average Bonchev–Trinajstić information content (AvgIpc) is 3.32. The molecule has 33 heavy (non-hydrogen) atoms. The predicted molar refractivity (Wildman–Crippen MR) is 132 cm³/mol. The van der Waals surface area contributed by atoms with Crippen molar-refractivity contribution < 1.29 is 9.59 Å². The minimum absolute atomic E-state index is 0.0330. The molecule has 0 bridgehead atoms. The number of Topliss-reactive ketones (excluding diaryl/α,β-unsaturated/α-hetero) is 2. The third-order valence-corrected chi connectivity index (χ3v) is 6.73. The highest BCUT2D eigenvalue weighted by molar-refractivity contribution is 9.10. The number of aromatic nitrogens is 1. The molecule has 0 radical (unpaired) electrons. The van der Waals surface area contributed by atoms with Crippen LogP contribution in [0.15, 0.2) is 108 Å². The Morgan fingerprint density at radius 1 is 0.788 bits per heavy atom. The zero-order valence-corrected chi connectivity index (χ0v) is 19.6. The molecule has 0 spiro atoms. The minimum atomic E-state index is -0.476. The molecular formula is C28H23BrN2O2. The van der Waals surface area contributed by atoms with Crippen molar-refractivity contribution in [3.63, 3.8) is 0 Å². The van der Waals surface area contributed by atoms with E-state index >= 15 is 0 Å². The number of hydrogen-bond donors (Lipinski definition) is 0. The van der Waals surface area contributed by atoms with Gasteiger partial charge in [0.05, 0.1) is 12.6 Å². The van der Waals surface area contributed by atoms with Crippen LogP contribution >= 0.6 is 15.9 Å². The van der Waals surface area contributed by atoms with Gasteiger partial charge in [-0.3, -0.25) is 14.5 Å². The minimum Gasteiger partial charge on any atom is -0.337 e. The molecule has 164 valence electrons. The van der Waals surface area contributed by atoms with Crippen LogP contribution in [0.4, 0.5) is 0 Å². The lowest BCUT2D eigenvalue weighted by Crippen LogP contribution is -2.45. The standard InChI is InChI=1S/C28H23BrN2O2/c29-23-15-13-22(14-16-23)28(33)27-26(21-10-5-2-6-11-21)30(18-24-12-7-17-31(24)27)19-25(32)20-8-3-1-4-9-20/h1-17,26-27H,18-19H2/t26-,27+/m1/s1. The first-order chi connectivity index (χ1) is 16.1. The van der Waals surface area contributed by atoms with E-state index in [0.717, 1.165) is 15.7 Å². The van der Waals surface area contributed by atoms with Gasteiger partial charge in [-0.2, -0.15) is 0 Å². The fourth-order valence-corrected chi connectivity index (χ4v) is 4.91. The second kappa shape index (κ2) is 9.30. The second-order valence-electron chi connectivity index (χ2n) is 8.27. The van der Waals surface area contributed by atoms with Crippen molar-refractivity contribution in [2.24, 2.45) is 0 Å². The molecule has 5 rings (SSSR count). The van der Waals surface area contributed by atoms with Crippen LogP contribution in [0.1, 0.15) is 44.1 Å². The van der Waals surface area contributed by atoms with Gasteiger partial charge in [-0.1, -0.05) is 88.7 Å². The van der Waals surface area contributed by atoms with Gasteiger partial charge in [0.15, 0.2) is 11.6 Å². The number of carbonyl (C=O) groups excluding carboxylic acids is 2. The molecule has 4 aromatic rings. The molecule has 1 aromatic heterocycles. The van der Waals surface area contributed by atoms with Crippen molar-refractivity contribution in [3.05, 3.63) is 130 Å². The van der Waals surface area contributed by atoms with Crippen molar-refractivity contribution in [1.82, 2.24) is 9.47 Å². The van der Waals surface area contributed by atoms with Crippen LogP contribution in [0.5, 0.6) is 0 Å². The molecule has 0 saturated heterocycles. The SMILES string of the molecule is O=C(CN1Cc2cccn2[C@H](C(=O)c2ccc(Br)cc2)[C@H]1c1ccccc1)c1ccccc1. The molecule has 5 heteroatoms. The van der Waals surface area contributed by atoms with E-state index in [-0.39, 0.29) is 24.2 Å². The summed E-state index contributed by atoms with van der Waals surface area (Å²) < 4.78 is 3.00. The summed E-state index contributed by atoms with van der Waals surface area (Å²) >= 11 is 3.46. The van der Waals surface area contributed by atoms with Crippen LogP contribution in [0.2, 0.25) is 0 Å². The summed E-state index contributed by atoms with van der Waals surface area (Å²) in [5.74, 6) is 0.0806. The lowest BCUT2D eigenvalue weighted by atomic mass is 9.88. The third-order valence-electron chi connectivity index (χ3n) is 6.21. The van der Waals surface area contributed by atoms with Crippen molar-refractivity contribution in [3.8, 4) is 0 Å². The number of rotatable bonds is 6. The molecule has 1 aliphatic rings.